The first kappa shape index (κ1) is 107. The number of piperidine rings is 1. The fourth-order valence-corrected chi connectivity index (χ4v) is 12.7. The number of aryl methyl sites for hydroxylation is 2. The first-order valence-corrected chi connectivity index (χ1v) is 43.2. The van der Waals surface area contributed by atoms with Gasteiger partial charge in [0.05, 0.1) is 31.2 Å². The number of nitrogens with one attached hydrogen (secondary N) is 15. The number of rotatable bonds is 33. The Morgan fingerprint density at radius 3 is 1.29 bits per heavy atom. The van der Waals surface area contributed by atoms with E-state index in [0.29, 0.717) is 73.2 Å². The number of halogens is 1. The Labute approximate surface area is 725 Å². The van der Waals surface area contributed by atoms with Crippen LogP contribution in [0.4, 0.5) is 5.69 Å². The molecule has 4 unspecified atom stereocenters. The van der Waals surface area contributed by atoms with Crippen LogP contribution in [-0.4, -0.2) is 129 Å². The Morgan fingerprint density at radius 2 is 0.851 bits per heavy atom. The van der Waals surface area contributed by atoms with Crippen molar-refractivity contribution in [1.82, 2.24) is 81.3 Å². The van der Waals surface area contributed by atoms with E-state index in [4.69, 9.17) is 36.7 Å². The maximum atomic E-state index is 12.1. The molecule has 0 bridgehead atoms. The summed E-state index contributed by atoms with van der Waals surface area (Å²) in [6.45, 7) is 23.3. The second kappa shape index (κ2) is 61.2. The van der Waals surface area contributed by atoms with Crippen LogP contribution in [0.25, 0.3) is 0 Å². The Morgan fingerprint density at radius 1 is 0.455 bits per heavy atom. The molecule has 10 amide bonds. The standard InChI is InChI=1S/C18H26N4O3.C15H15N3O4S.C15H30N2O2.C12H16ClN3O4S.C11H14N2O5S.C8H10N2O2S2/c1-17(2)10-13(11-18(3,4)22-17)19-15(24)16(25)21-20-14(23)12-8-6-5-7-9-12;1-11-7-9-13(10-8-11)23(21)22-18-17-15(20)14(19)16-12-5-3-2-4-6-12;1-3-4-5-6-7-8-9-10-11-12-13-15(19)17-16-14(2)18;1-3-16(4-2)12(18)11(17)14-15-20-21(19)10-7-5-9(13)6-8-10;1-3-17-11(15)10(14)12-13-18-19(16)9-6-4-8(2)5-7-9;1-7(13)9-10-12-14(11)8-5-3-2-4-6-8/h5-9,13,22H,10-11H2,1-4H3,(H,19,24)(H,20,23)(H,21,25);2-10,18H,1H3,(H,16,19)(H,17,20);3-13H2,1-2H3,(H,16,18)(H,17,19);5-8,15H,3-4H2,1-2H3,(H,14,17);4-7,13H,3H2,1-2H3,(H,12,14);2-6,10H,1H3,(H,9,13). The van der Waals surface area contributed by atoms with Crippen LogP contribution < -0.4 is 81.7 Å². The number of hydrogen-bond donors (Lipinski definition) is 15. The number of thiocarbonyl (C=S) groups is 1. The topological polar surface area (TPSA) is 486 Å². The molecule has 0 radical (unpaired) electrons. The minimum Gasteiger partial charge on any atom is -0.459 e. The highest BCUT2D eigenvalue weighted by molar-refractivity contribution is 7.81. The van der Waals surface area contributed by atoms with Crippen LogP contribution in [0.1, 0.15) is 174 Å². The van der Waals surface area contributed by atoms with E-state index in [0.717, 1.165) is 24.0 Å². The van der Waals surface area contributed by atoms with E-state index in [-0.39, 0.29) is 35.5 Å². The van der Waals surface area contributed by atoms with E-state index >= 15 is 0 Å². The fraction of sp³-hybridized carbons (Fsp3) is 0.392. The number of carbonyl (C=O) groups is 11. The summed E-state index contributed by atoms with van der Waals surface area (Å²) >= 11 is 3.41. The molecule has 1 heterocycles. The molecule has 4 atom stereocenters. The number of hydrazine groups is 6. The van der Waals surface area contributed by atoms with Gasteiger partial charge in [-0.1, -0.05) is 201 Å². The van der Waals surface area contributed by atoms with E-state index in [9.17, 15) is 69.6 Å². The molecule has 6 aromatic carbocycles. The number of likely N-dealkylation sites (N-methyl/N-ethyl adjacent to an activating group) is 1. The summed E-state index contributed by atoms with van der Waals surface area (Å²) in [5, 5.41) is 9.16. The van der Waals surface area contributed by atoms with Crippen molar-refractivity contribution in [3.63, 3.8) is 0 Å². The maximum absolute atomic E-state index is 12.1. The zero-order valence-corrected chi connectivity index (χ0v) is 74.3. The van der Waals surface area contributed by atoms with Gasteiger partial charge >= 0.3 is 47.3 Å². The van der Waals surface area contributed by atoms with Gasteiger partial charge in [-0.15, -0.1) is 0 Å². The SMILES string of the molecule is CC(=S)NNOS(=O)c1ccccc1.CC1(C)CC(NC(=O)C(=O)NNC(=O)c2ccccc2)CC(C)(C)N1.CCCCCCCCCCCCC(=O)NNC(C)=O.CCN(CC)C(=O)C(=O)NNOS(=O)c1ccc(Cl)cc1.CCOC(=O)C(=O)NNOS(=O)c1ccc(C)cc1.Cc1ccc(S(=O)ONNC(=O)C(=O)Nc2ccccc2)cc1. The largest absolute Gasteiger partial charge is 0.459 e. The number of nitrogens with zero attached hydrogens (tertiary/aromatic N) is 1. The van der Waals surface area contributed by atoms with E-state index in [1.54, 1.807) is 173 Å². The molecule has 664 valence electrons. The van der Waals surface area contributed by atoms with Gasteiger partial charge in [0.25, 0.3) is 5.91 Å². The number of anilines is 1. The summed E-state index contributed by atoms with van der Waals surface area (Å²) in [5.74, 6) is -8.02. The van der Waals surface area contributed by atoms with Gasteiger partial charge in [0, 0.05) is 59.8 Å². The average Bonchev–Trinajstić information content (AvgIpc) is 0.806. The summed E-state index contributed by atoms with van der Waals surface area (Å²) in [5.41, 5.74) is 28.3. The van der Waals surface area contributed by atoms with Crippen molar-refractivity contribution in [3.8, 4) is 0 Å². The minimum absolute atomic E-state index is 0.0857. The molecule has 42 heteroatoms. The van der Waals surface area contributed by atoms with Gasteiger partial charge in [0.15, 0.2) is 0 Å². The van der Waals surface area contributed by atoms with E-state index in [1.807, 2.05) is 53.0 Å². The zero-order valence-electron chi connectivity index (χ0n) is 69.5. The van der Waals surface area contributed by atoms with Crippen molar-refractivity contribution >= 4 is 144 Å². The number of hydrogen-bond acceptors (Lipinski definition) is 26. The van der Waals surface area contributed by atoms with Crippen LogP contribution in [0.15, 0.2) is 183 Å². The van der Waals surface area contributed by atoms with Crippen LogP contribution in [0.5, 0.6) is 0 Å². The van der Waals surface area contributed by atoms with Gasteiger partial charge < -0.3 is 25.6 Å². The van der Waals surface area contributed by atoms with Crippen molar-refractivity contribution in [2.24, 2.45) is 0 Å². The van der Waals surface area contributed by atoms with Crippen molar-refractivity contribution < 1.29 is 91.4 Å². The molecule has 1 aliphatic heterocycles. The van der Waals surface area contributed by atoms with Gasteiger partial charge in [-0.05, 0) is 173 Å². The van der Waals surface area contributed by atoms with E-state index in [2.05, 4.69) is 92.3 Å². The van der Waals surface area contributed by atoms with E-state index < -0.39 is 97.5 Å². The zero-order chi connectivity index (χ0) is 90.1. The Balaban J connectivity index is 0.000000496. The van der Waals surface area contributed by atoms with Crippen molar-refractivity contribution in [2.45, 2.75) is 203 Å². The lowest BCUT2D eigenvalue weighted by Crippen LogP contribution is -2.63. The van der Waals surface area contributed by atoms with E-state index in [1.165, 1.54) is 75.3 Å². The molecule has 1 fully saturated rings. The summed E-state index contributed by atoms with van der Waals surface area (Å²) in [7, 11) is 0. The summed E-state index contributed by atoms with van der Waals surface area (Å²) in [4.78, 5) is 130. The molecule has 1 aliphatic rings. The summed E-state index contributed by atoms with van der Waals surface area (Å²) in [6, 6.07) is 45.4. The van der Waals surface area contributed by atoms with Crippen LogP contribution in [-0.2, 0) is 114 Å². The third kappa shape index (κ3) is 49.4. The van der Waals surface area contributed by atoms with Crippen molar-refractivity contribution in [2.75, 3.05) is 25.0 Å². The lowest BCUT2D eigenvalue weighted by Gasteiger charge is -2.46. The molecule has 7 rings (SSSR count). The van der Waals surface area contributed by atoms with Gasteiger partial charge in [0.1, 0.15) is 0 Å². The predicted molar refractivity (Wildman–Crippen MR) is 461 cm³/mol. The molecule has 1 saturated heterocycles. The average molecular weight is 1800 g/mol. The van der Waals surface area contributed by atoms with Gasteiger partial charge in [-0.2, -0.15) is 17.1 Å². The summed E-state index contributed by atoms with van der Waals surface area (Å²) < 4.78 is 69.7. The molecule has 0 saturated carbocycles. The van der Waals surface area contributed by atoms with Crippen LogP contribution in [0.3, 0.4) is 0 Å². The number of benzene rings is 6. The molecule has 6 aromatic rings. The smallest absolute Gasteiger partial charge is 0.398 e. The monoisotopic (exact) mass is 1800 g/mol. The molecular formula is C79H111ClN16O20S5. The molecule has 15 N–H and O–H groups in total. The Bertz CT molecular complexity index is 4290. The number of para-hydroxylation sites is 1. The first-order valence-electron chi connectivity index (χ1n) is 38.1. The molecule has 36 nitrogen and oxygen atoms in total. The Kier molecular flexibility index (Phi) is 54.1. The van der Waals surface area contributed by atoms with Crippen LogP contribution >= 0.6 is 23.8 Å². The normalized spacial score (nSPS) is 13.0. The number of carbonyl (C=O) groups excluding carboxylic acids is 11. The number of esters is 1. The lowest BCUT2D eigenvalue weighted by atomic mass is 9.79. The molecule has 0 aliphatic carbocycles. The fourth-order valence-electron chi connectivity index (χ4n) is 10.2. The summed E-state index contributed by atoms with van der Waals surface area (Å²) in [6.07, 6.45) is 14.5. The lowest BCUT2D eigenvalue weighted by molar-refractivity contribution is -0.156. The highest BCUT2D eigenvalue weighted by Crippen LogP contribution is 2.28. The predicted octanol–water partition coefficient (Wildman–Crippen LogP) is 7.55. The molecule has 121 heavy (non-hydrogen) atoms. The minimum atomic E-state index is -1.84. The van der Waals surface area contributed by atoms with Gasteiger partial charge in [-0.3, -0.25) is 91.4 Å². The molecular weight excluding hydrogens is 1690 g/mol. The van der Waals surface area contributed by atoms with Gasteiger partial charge in [0.2, 0.25) is 56.1 Å². The molecule has 0 aromatic heterocycles. The Hall–Kier alpha value is -10.1. The number of amides is 10. The highest BCUT2D eigenvalue weighted by atomic mass is 35.5. The number of ether oxygens (including phenoxy) is 1. The third-order valence-electron chi connectivity index (χ3n) is 15.7. The van der Waals surface area contributed by atoms with Crippen molar-refractivity contribution in [3.05, 3.63) is 186 Å². The second-order valence-electron chi connectivity index (χ2n) is 27.0. The van der Waals surface area contributed by atoms with Crippen LogP contribution in [0, 0.1) is 13.8 Å². The second-order valence-corrected chi connectivity index (χ2v) is 32.5. The van der Waals surface area contributed by atoms with Gasteiger partial charge in [-0.25, -0.2) is 21.6 Å². The van der Waals surface area contributed by atoms with Crippen molar-refractivity contribution in [1.29, 1.82) is 0 Å². The first-order chi connectivity index (χ1) is 57.5. The number of unbranched alkanes of at least 4 members (excludes halogenated alkanes) is 9. The quantitative estimate of drug-likeness (QED) is 0.00621. The maximum Gasteiger partial charge on any atom is 0.398 e. The third-order valence-corrected chi connectivity index (χ3v) is 19.6. The van der Waals surface area contributed by atoms with Crippen LogP contribution in [0.2, 0.25) is 5.02 Å². The highest BCUT2D eigenvalue weighted by Gasteiger charge is 2.39. The molecule has 0 spiro atoms.